The lowest BCUT2D eigenvalue weighted by molar-refractivity contribution is -0.122. The molecule has 3 heterocycles. The molecule has 0 saturated carbocycles. The van der Waals surface area contributed by atoms with E-state index < -0.39 is 11.9 Å². The second kappa shape index (κ2) is 9.75. The summed E-state index contributed by atoms with van der Waals surface area (Å²) in [7, 11) is 1.29. The molecule has 33 heavy (non-hydrogen) atoms. The number of aryl methyl sites for hydroxylation is 2. The molecule has 0 aliphatic carbocycles. The van der Waals surface area contributed by atoms with Crippen LogP contribution in [0.1, 0.15) is 33.9 Å². The van der Waals surface area contributed by atoms with Gasteiger partial charge in [0.25, 0.3) is 0 Å². The summed E-state index contributed by atoms with van der Waals surface area (Å²) in [6, 6.07) is 9.10. The van der Waals surface area contributed by atoms with Crippen LogP contribution in [0.3, 0.4) is 0 Å². The smallest absolute Gasteiger partial charge is 0.373 e. The van der Waals surface area contributed by atoms with Gasteiger partial charge >= 0.3 is 5.97 Å². The first-order valence-corrected chi connectivity index (χ1v) is 12.0. The van der Waals surface area contributed by atoms with E-state index in [9.17, 15) is 14.4 Å². The first kappa shape index (κ1) is 23.0. The molecule has 9 nitrogen and oxygen atoms in total. The van der Waals surface area contributed by atoms with Crippen molar-refractivity contribution in [2.75, 3.05) is 23.9 Å². The largest absolute Gasteiger partial charge is 0.463 e. The third-order valence-electron chi connectivity index (χ3n) is 5.32. The van der Waals surface area contributed by atoms with Crippen LogP contribution in [-0.4, -0.2) is 41.6 Å². The lowest BCUT2D eigenvalue weighted by Gasteiger charge is -2.17. The van der Waals surface area contributed by atoms with Crippen molar-refractivity contribution >= 4 is 51.7 Å². The van der Waals surface area contributed by atoms with E-state index in [0.29, 0.717) is 27.5 Å². The number of hydrogen-bond acceptors (Lipinski definition) is 9. The molecular formula is C22H22N4O5S2. The standard InChI is InChI=1S/C22H22N4O5S2/c1-12-4-5-15(8-13(12)2)26-10-14(9-18(26)27)19(28)23-21-24-25-22(33-21)32-11-16-6-7-17(31-16)20(29)30-3/h4-8,14H,9-11H2,1-3H3,(H,23,24,28). The van der Waals surface area contributed by atoms with E-state index in [0.717, 1.165) is 16.8 Å². The number of nitrogens with one attached hydrogen (secondary N) is 1. The number of amides is 2. The molecule has 1 aliphatic rings. The lowest BCUT2D eigenvalue weighted by Crippen LogP contribution is -2.28. The van der Waals surface area contributed by atoms with Gasteiger partial charge in [0.15, 0.2) is 4.34 Å². The zero-order valence-electron chi connectivity index (χ0n) is 18.3. The monoisotopic (exact) mass is 486 g/mol. The fourth-order valence-corrected chi connectivity index (χ4v) is 5.00. The van der Waals surface area contributed by atoms with Crippen molar-refractivity contribution in [3.63, 3.8) is 0 Å². The Bertz CT molecular complexity index is 1210. The molecule has 3 aromatic rings. The Balaban J connectivity index is 1.32. The molecule has 1 N–H and O–H groups in total. The third-order valence-corrected chi connectivity index (χ3v) is 7.32. The summed E-state index contributed by atoms with van der Waals surface area (Å²) >= 11 is 2.61. The SMILES string of the molecule is COC(=O)c1ccc(CSc2nnc(NC(=O)C3CC(=O)N(c4ccc(C)c(C)c4)C3)s2)o1. The topological polar surface area (TPSA) is 115 Å². The zero-order chi connectivity index (χ0) is 23.5. The first-order valence-electron chi connectivity index (χ1n) is 10.2. The van der Waals surface area contributed by atoms with Gasteiger partial charge in [-0.15, -0.1) is 10.2 Å². The number of rotatable bonds is 7. The Labute approximate surface area is 198 Å². The first-order chi connectivity index (χ1) is 15.8. The van der Waals surface area contributed by atoms with E-state index in [-0.39, 0.29) is 24.0 Å². The third kappa shape index (κ3) is 5.25. The molecule has 1 unspecified atom stereocenters. The van der Waals surface area contributed by atoms with Gasteiger partial charge in [0, 0.05) is 18.7 Å². The highest BCUT2D eigenvalue weighted by Gasteiger charge is 2.35. The Morgan fingerprint density at radius 1 is 1.24 bits per heavy atom. The molecule has 1 aromatic carbocycles. The molecule has 4 rings (SSSR count). The number of anilines is 2. The second-order valence-electron chi connectivity index (χ2n) is 7.58. The molecule has 1 aliphatic heterocycles. The van der Waals surface area contributed by atoms with Gasteiger partial charge in [-0.1, -0.05) is 29.2 Å². The van der Waals surface area contributed by atoms with Crippen molar-refractivity contribution in [1.82, 2.24) is 10.2 Å². The number of methoxy groups -OCH3 is 1. The predicted octanol–water partition coefficient (Wildman–Crippen LogP) is 3.82. The lowest BCUT2D eigenvalue weighted by atomic mass is 10.1. The summed E-state index contributed by atoms with van der Waals surface area (Å²) in [5, 5.41) is 11.2. The average molecular weight is 487 g/mol. The van der Waals surface area contributed by atoms with E-state index >= 15 is 0 Å². The van der Waals surface area contributed by atoms with Crippen LogP contribution in [0.5, 0.6) is 0 Å². The molecule has 0 radical (unpaired) electrons. The van der Waals surface area contributed by atoms with E-state index in [1.54, 1.807) is 17.0 Å². The molecule has 1 saturated heterocycles. The molecule has 2 amide bonds. The summed E-state index contributed by atoms with van der Waals surface area (Å²) in [4.78, 5) is 38.3. The molecule has 1 atom stereocenters. The van der Waals surface area contributed by atoms with Gasteiger partial charge in [-0.05, 0) is 49.2 Å². The number of thioether (sulfide) groups is 1. The summed E-state index contributed by atoms with van der Waals surface area (Å²) in [5.41, 5.74) is 3.06. The van der Waals surface area contributed by atoms with Gasteiger partial charge in [-0.3, -0.25) is 9.59 Å². The Hall–Kier alpha value is -3.18. The van der Waals surface area contributed by atoms with Gasteiger partial charge in [0.05, 0.1) is 18.8 Å². The van der Waals surface area contributed by atoms with Crippen molar-refractivity contribution in [2.45, 2.75) is 30.4 Å². The number of nitrogens with zero attached hydrogens (tertiary/aromatic N) is 3. The summed E-state index contributed by atoms with van der Waals surface area (Å²) in [5.74, 6) is -0.140. The number of aromatic nitrogens is 2. The number of ether oxygens (including phenoxy) is 1. The minimum absolute atomic E-state index is 0.0725. The molecule has 11 heteroatoms. The quantitative estimate of drug-likeness (QED) is 0.305. The van der Waals surface area contributed by atoms with E-state index in [1.807, 2.05) is 32.0 Å². The van der Waals surface area contributed by atoms with Crippen LogP contribution in [0.4, 0.5) is 10.8 Å². The fraction of sp³-hybridized carbons (Fsp3) is 0.318. The van der Waals surface area contributed by atoms with Gasteiger partial charge in [0.1, 0.15) is 5.76 Å². The Morgan fingerprint density at radius 3 is 2.82 bits per heavy atom. The van der Waals surface area contributed by atoms with Gasteiger partial charge in [-0.2, -0.15) is 0 Å². The van der Waals surface area contributed by atoms with E-state index in [1.165, 1.54) is 30.2 Å². The van der Waals surface area contributed by atoms with Crippen molar-refractivity contribution in [3.05, 3.63) is 53.0 Å². The maximum Gasteiger partial charge on any atom is 0.373 e. The van der Waals surface area contributed by atoms with E-state index in [2.05, 4.69) is 20.3 Å². The van der Waals surface area contributed by atoms with Crippen LogP contribution in [0.25, 0.3) is 0 Å². The van der Waals surface area contributed by atoms with Crippen LogP contribution >= 0.6 is 23.1 Å². The number of carbonyl (C=O) groups is 3. The van der Waals surface area contributed by atoms with Crippen molar-refractivity contribution in [1.29, 1.82) is 0 Å². The van der Waals surface area contributed by atoms with Crippen molar-refractivity contribution < 1.29 is 23.5 Å². The second-order valence-corrected chi connectivity index (χ2v) is 9.78. The van der Waals surface area contributed by atoms with Crippen LogP contribution in [0.15, 0.2) is 39.1 Å². The highest BCUT2D eigenvalue weighted by Crippen LogP contribution is 2.31. The van der Waals surface area contributed by atoms with Gasteiger partial charge < -0.3 is 19.4 Å². The molecule has 2 aromatic heterocycles. The number of benzene rings is 1. The maximum atomic E-state index is 12.7. The van der Waals surface area contributed by atoms with E-state index in [4.69, 9.17) is 4.42 Å². The van der Waals surface area contributed by atoms with Crippen LogP contribution in [0, 0.1) is 19.8 Å². The molecule has 172 valence electrons. The zero-order valence-corrected chi connectivity index (χ0v) is 19.9. The molecule has 0 bridgehead atoms. The van der Waals surface area contributed by atoms with Gasteiger partial charge in [0.2, 0.25) is 22.7 Å². The average Bonchev–Trinajstić information content (AvgIpc) is 3.53. The summed E-state index contributed by atoms with van der Waals surface area (Å²) in [6.45, 7) is 4.34. The highest BCUT2D eigenvalue weighted by atomic mass is 32.2. The van der Waals surface area contributed by atoms with Crippen LogP contribution in [0.2, 0.25) is 0 Å². The van der Waals surface area contributed by atoms with Crippen molar-refractivity contribution in [2.24, 2.45) is 5.92 Å². The number of furan rings is 1. The molecular weight excluding hydrogens is 464 g/mol. The van der Waals surface area contributed by atoms with Crippen LogP contribution in [-0.2, 0) is 20.1 Å². The van der Waals surface area contributed by atoms with Crippen LogP contribution < -0.4 is 10.2 Å². The molecule has 0 spiro atoms. The maximum absolute atomic E-state index is 12.7. The number of hydrogen-bond donors (Lipinski definition) is 1. The normalized spacial score (nSPS) is 15.7. The minimum atomic E-state index is -0.534. The minimum Gasteiger partial charge on any atom is -0.463 e. The number of carbonyl (C=O) groups excluding carboxylic acids is 3. The predicted molar refractivity (Wildman–Crippen MR) is 125 cm³/mol. The fourth-order valence-electron chi connectivity index (χ4n) is 3.35. The highest BCUT2D eigenvalue weighted by molar-refractivity contribution is 8.00. The summed E-state index contributed by atoms with van der Waals surface area (Å²) in [6.07, 6.45) is 0.153. The number of esters is 1. The molecule has 1 fully saturated rings. The summed E-state index contributed by atoms with van der Waals surface area (Å²) < 4.78 is 10.7. The van der Waals surface area contributed by atoms with Crippen molar-refractivity contribution in [3.8, 4) is 0 Å². The Kier molecular flexibility index (Phi) is 6.80. The Morgan fingerprint density at radius 2 is 2.06 bits per heavy atom. The van der Waals surface area contributed by atoms with Gasteiger partial charge in [-0.25, -0.2) is 4.79 Å².